The minimum Gasteiger partial charge on any atom is -0.394 e. The Morgan fingerprint density at radius 1 is 1.62 bits per heavy atom. The van der Waals surface area contributed by atoms with Crippen LogP contribution in [0.4, 0.5) is 0 Å². The van der Waals surface area contributed by atoms with Crippen LogP contribution in [0.25, 0.3) is 0 Å². The van der Waals surface area contributed by atoms with Gasteiger partial charge in [-0.3, -0.25) is 4.79 Å². The summed E-state index contributed by atoms with van der Waals surface area (Å²) < 4.78 is 0. The second-order valence-electron chi connectivity index (χ2n) is 3.76. The highest BCUT2D eigenvalue weighted by Gasteiger charge is 2.28. The molecule has 3 unspecified atom stereocenters. The maximum atomic E-state index is 11.4. The van der Waals surface area contributed by atoms with E-state index in [1.807, 2.05) is 0 Å². The van der Waals surface area contributed by atoms with Gasteiger partial charge in [-0.05, 0) is 26.2 Å². The Labute approximate surface area is 78.0 Å². The third-order valence-electron chi connectivity index (χ3n) is 2.44. The average Bonchev–Trinajstić information content (AvgIpc) is 2.51. The molecule has 0 aromatic heterocycles. The van der Waals surface area contributed by atoms with E-state index >= 15 is 0 Å². The molecule has 0 saturated heterocycles. The van der Waals surface area contributed by atoms with Crippen LogP contribution in [0.1, 0.15) is 26.2 Å². The van der Waals surface area contributed by atoms with E-state index in [1.54, 1.807) is 6.92 Å². The van der Waals surface area contributed by atoms with E-state index in [0.717, 1.165) is 6.42 Å². The van der Waals surface area contributed by atoms with Gasteiger partial charge < -0.3 is 15.5 Å². The fourth-order valence-corrected chi connectivity index (χ4v) is 1.60. The Balaban J connectivity index is 2.31. The summed E-state index contributed by atoms with van der Waals surface area (Å²) in [5, 5.41) is 20.6. The number of carbonyl (C=O) groups excluding carboxylic acids is 1. The lowest BCUT2D eigenvalue weighted by Gasteiger charge is -2.14. The molecule has 0 radical (unpaired) electrons. The van der Waals surface area contributed by atoms with Gasteiger partial charge in [-0.1, -0.05) is 0 Å². The van der Waals surface area contributed by atoms with Crippen molar-refractivity contribution in [2.45, 2.75) is 38.3 Å². The monoisotopic (exact) mass is 187 g/mol. The molecular formula is C9H17NO3. The van der Waals surface area contributed by atoms with Crippen molar-refractivity contribution in [3.8, 4) is 0 Å². The van der Waals surface area contributed by atoms with Crippen LogP contribution in [-0.4, -0.2) is 34.9 Å². The molecule has 4 heteroatoms. The van der Waals surface area contributed by atoms with Gasteiger partial charge in [0.25, 0.3) is 0 Å². The summed E-state index contributed by atoms with van der Waals surface area (Å²) in [6.45, 7) is 1.71. The third kappa shape index (κ3) is 2.97. The molecule has 76 valence electrons. The molecule has 1 aliphatic rings. The molecule has 3 N–H and O–H groups in total. The molecule has 3 atom stereocenters. The largest absolute Gasteiger partial charge is 0.394 e. The number of rotatable bonds is 3. The number of hydrogen-bond donors (Lipinski definition) is 3. The van der Waals surface area contributed by atoms with Crippen LogP contribution in [-0.2, 0) is 4.79 Å². The van der Waals surface area contributed by atoms with Gasteiger partial charge in [-0.15, -0.1) is 0 Å². The summed E-state index contributed by atoms with van der Waals surface area (Å²) in [6.07, 6.45) is 1.71. The van der Waals surface area contributed by atoms with Crippen molar-refractivity contribution in [2.24, 2.45) is 5.92 Å². The van der Waals surface area contributed by atoms with Gasteiger partial charge in [0.15, 0.2) is 0 Å². The predicted octanol–water partition coefficient (Wildman–Crippen LogP) is -0.356. The lowest BCUT2D eigenvalue weighted by atomic mass is 10.1. The first-order chi connectivity index (χ1) is 6.13. The van der Waals surface area contributed by atoms with Gasteiger partial charge in [0.2, 0.25) is 5.91 Å². The summed E-state index contributed by atoms with van der Waals surface area (Å²) in [4.78, 5) is 11.4. The van der Waals surface area contributed by atoms with E-state index in [2.05, 4.69) is 5.32 Å². The van der Waals surface area contributed by atoms with Crippen molar-refractivity contribution in [3.05, 3.63) is 0 Å². The molecule has 0 spiro atoms. The summed E-state index contributed by atoms with van der Waals surface area (Å²) >= 11 is 0. The first-order valence-electron chi connectivity index (χ1n) is 4.72. The second kappa shape index (κ2) is 4.58. The summed E-state index contributed by atoms with van der Waals surface area (Å²) in [5.74, 6) is -0.109. The molecule has 0 aromatic carbocycles. The molecule has 0 aliphatic heterocycles. The minimum absolute atomic E-state index is 0.0407. The van der Waals surface area contributed by atoms with Crippen LogP contribution < -0.4 is 5.32 Å². The summed E-state index contributed by atoms with van der Waals surface area (Å²) in [5.41, 5.74) is 0. The maximum Gasteiger partial charge on any atom is 0.223 e. The molecule has 0 bridgehead atoms. The first kappa shape index (κ1) is 10.5. The van der Waals surface area contributed by atoms with E-state index in [0.29, 0.717) is 12.8 Å². The minimum atomic E-state index is -0.319. The number of aliphatic hydroxyl groups is 2. The Bertz CT molecular complexity index is 184. The zero-order chi connectivity index (χ0) is 9.84. The smallest absolute Gasteiger partial charge is 0.223 e. The summed E-state index contributed by atoms with van der Waals surface area (Å²) in [7, 11) is 0. The predicted molar refractivity (Wildman–Crippen MR) is 48.0 cm³/mol. The van der Waals surface area contributed by atoms with Crippen LogP contribution >= 0.6 is 0 Å². The van der Waals surface area contributed by atoms with Crippen molar-refractivity contribution in [2.75, 3.05) is 6.61 Å². The van der Waals surface area contributed by atoms with E-state index in [-0.39, 0.29) is 30.6 Å². The fourth-order valence-electron chi connectivity index (χ4n) is 1.60. The van der Waals surface area contributed by atoms with E-state index in [1.165, 1.54) is 0 Å². The molecular weight excluding hydrogens is 170 g/mol. The van der Waals surface area contributed by atoms with Gasteiger partial charge in [0.1, 0.15) is 0 Å². The van der Waals surface area contributed by atoms with Crippen LogP contribution in [0, 0.1) is 5.92 Å². The van der Waals surface area contributed by atoms with Gasteiger partial charge in [0, 0.05) is 12.0 Å². The highest BCUT2D eigenvalue weighted by Crippen LogP contribution is 2.25. The van der Waals surface area contributed by atoms with Gasteiger partial charge in [-0.25, -0.2) is 0 Å². The third-order valence-corrected chi connectivity index (χ3v) is 2.44. The summed E-state index contributed by atoms with van der Waals surface area (Å²) in [6, 6.07) is -0.190. The number of nitrogens with one attached hydrogen (secondary N) is 1. The molecule has 1 fully saturated rings. The van der Waals surface area contributed by atoms with Gasteiger partial charge in [0.05, 0.1) is 12.7 Å². The average molecular weight is 187 g/mol. The highest BCUT2D eigenvalue weighted by atomic mass is 16.3. The standard InChI is InChI=1S/C9H17NO3/c1-6(5-11)10-9(13)7-2-3-8(12)4-7/h6-8,11-12H,2-5H2,1H3,(H,10,13). The number of hydrogen-bond acceptors (Lipinski definition) is 3. The quantitative estimate of drug-likeness (QED) is 0.565. The Morgan fingerprint density at radius 3 is 2.77 bits per heavy atom. The van der Waals surface area contributed by atoms with Crippen LogP contribution in [0.3, 0.4) is 0 Å². The molecule has 1 saturated carbocycles. The Kier molecular flexibility index (Phi) is 3.69. The molecule has 1 amide bonds. The molecule has 0 aromatic rings. The number of aliphatic hydroxyl groups excluding tert-OH is 2. The van der Waals surface area contributed by atoms with Crippen LogP contribution in [0.15, 0.2) is 0 Å². The lowest BCUT2D eigenvalue weighted by molar-refractivity contribution is -0.125. The van der Waals surface area contributed by atoms with Gasteiger partial charge >= 0.3 is 0 Å². The Morgan fingerprint density at radius 2 is 2.31 bits per heavy atom. The van der Waals surface area contributed by atoms with Crippen molar-refractivity contribution in [3.63, 3.8) is 0 Å². The molecule has 13 heavy (non-hydrogen) atoms. The zero-order valence-corrected chi connectivity index (χ0v) is 7.86. The Hall–Kier alpha value is -0.610. The lowest BCUT2D eigenvalue weighted by Crippen LogP contribution is -2.38. The van der Waals surface area contributed by atoms with Gasteiger partial charge in [-0.2, -0.15) is 0 Å². The fraction of sp³-hybridized carbons (Fsp3) is 0.889. The number of carbonyl (C=O) groups is 1. The first-order valence-corrected chi connectivity index (χ1v) is 4.72. The van der Waals surface area contributed by atoms with Crippen molar-refractivity contribution in [1.82, 2.24) is 5.32 Å². The number of amides is 1. The molecule has 0 heterocycles. The SMILES string of the molecule is CC(CO)NC(=O)C1CCC(O)C1. The van der Waals surface area contributed by atoms with Crippen molar-refractivity contribution >= 4 is 5.91 Å². The highest BCUT2D eigenvalue weighted by molar-refractivity contribution is 5.79. The zero-order valence-electron chi connectivity index (χ0n) is 7.86. The van der Waals surface area contributed by atoms with Crippen molar-refractivity contribution < 1.29 is 15.0 Å². The molecule has 1 rings (SSSR count). The van der Waals surface area contributed by atoms with Crippen LogP contribution in [0.5, 0.6) is 0 Å². The molecule has 4 nitrogen and oxygen atoms in total. The van der Waals surface area contributed by atoms with E-state index < -0.39 is 0 Å². The van der Waals surface area contributed by atoms with Crippen molar-refractivity contribution in [1.29, 1.82) is 0 Å². The van der Waals surface area contributed by atoms with E-state index in [9.17, 15) is 9.90 Å². The normalized spacial score (nSPS) is 30.1. The maximum absolute atomic E-state index is 11.4. The van der Waals surface area contributed by atoms with Crippen LogP contribution in [0.2, 0.25) is 0 Å². The molecule has 1 aliphatic carbocycles. The second-order valence-corrected chi connectivity index (χ2v) is 3.76. The topological polar surface area (TPSA) is 69.6 Å². The van der Waals surface area contributed by atoms with E-state index in [4.69, 9.17) is 5.11 Å².